The van der Waals surface area contributed by atoms with Crippen molar-refractivity contribution in [3.63, 3.8) is 0 Å². The van der Waals surface area contributed by atoms with Crippen LogP contribution < -0.4 is 0 Å². The molecule has 17 heavy (non-hydrogen) atoms. The number of aromatic amines is 1. The number of rotatable bonds is 1. The van der Waals surface area contributed by atoms with Gasteiger partial charge in [0, 0.05) is 0 Å². The molecule has 0 spiro atoms. The van der Waals surface area contributed by atoms with Crippen LogP contribution in [0.4, 0.5) is 13.2 Å². The molecule has 0 amide bonds. The van der Waals surface area contributed by atoms with Gasteiger partial charge in [-0.15, -0.1) is 11.3 Å². The summed E-state index contributed by atoms with van der Waals surface area (Å²) in [5.74, 6) is 0. The van der Waals surface area contributed by atoms with E-state index in [2.05, 4.69) is 4.98 Å². The van der Waals surface area contributed by atoms with E-state index in [1.54, 1.807) is 12.1 Å². The summed E-state index contributed by atoms with van der Waals surface area (Å²) in [5.41, 5.74) is -0.442. The van der Waals surface area contributed by atoms with E-state index >= 15 is 0 Å². The van der Waals surface area contributed by atoms with Crippen LogP contribution in [0, 0.1) is 4.64 Å². The van der Waals surface area contributed by atoms with E-state index in [1.807, 2.05) is 0 Å². The topological polar surface area (TPSA) is 15.8 Å². The molecule has 0 aromatic carbocycles. The molecule has 0 unspecified atom stereocenters. The van der Waals surface area contributed by atoms with Crippen LogP contribution in [-0.4, -0.2) is 4.98 Å². The van der Waals surface area contributed by atoms with Crippen LogP contribution in [0.5, 0.6) is 0 Å². The number of halogens is 4. The highest BCUT2D eigenvalue weighted by atomic mass is 35.5. The first kappa shape index (κ1) is 12.6. The molecule has 0 saturated carbocycles. The van der Waals surface area contributed by atoms with Crippen LogP contribution in [0.25, 0.3) is 10.6 Å². The first-order valence-electron chi connectivity index (χ1n) is 4.43. The molecule has 0 atom stereocenters. The molecule has 0 radical (unpaired) electrons. The Bertz CT molecular complexity index is 600. The van der Waals surface area contributed by atoms with Gasteiger partial charge in [-0.2, -0.15) is 13.2 Å². The minimum atomic E-state index is -4.40. The molecule has 1 N–H and O–H groups in total. The smallest absolute Gasteiger partial charge is 0.345 e. The molecule has 0 bridgehead atoms. The Morgan fingerprint density at radius 1 is 1.24 bits per heavy atom. The molecule has 0 fully saturated rings. The zero-order chi connectivity index (χ0) is 12.6. The molecule has 2 aromatic rings. The van der Waals surface area contributed by atoms with E-state index in [4.69, 9.17) is 23.8 Å². The molecule has 2 rings (SSSR count). The van der Waals surface area contributed by atoms with Crippen molar-refractivity contribution in [3.05, 3.63) is 38.8 Å². The van der Waals surface area contributed by atoms with Gasteiger partial charge in [-0.1, -0.05) is 23.8 Å². The second-order valence-corrected chi connectivity index (χ2v) is 5.40. The summed E-state index contributed by atoms with van der Waals surface area (Å²) in [7, 11) is 0. The van der Waals surface area contributed by atoms with Crippen LogP contribution in [0.3, 0.4) is 0 Å². The maximum atomic E-state index is 12.6. The van der Waals surface area contributed by atoms with Crippen molar-refractivity contribution in [1.29, 1.82) is 0 Å². The van der Waals surface area contributed by atoms with Crippen molar-refractivity contribution in [2.45, 2.75) is 6.18 Å². The van der Waals surface area contributed by atoms with Gasteiger partial charge >= 0.3 is 6.18 Å². The monoisotopic (exact) mass is 295 g/mol. The molecule has 1 nitrogen and oxygen atoms in total. The van der Waals surface area contributed by atoms with Gasteiger partial charge in [0.25, 0.3) is 0 Å². The number of alkyl halides is 3. The van der Waals surface area contributed by atoms with Crippen molar-refractivity contribution in [2.24, 2.45) is 0 Å². The summed E-state index contributed by atoms with van der Waals surface area (Å²) in [4.78, 5) is 3.33. The minimum Gasteiger partial charge on any atom is -0.345 e. The maximum absolute atomic E-state index is 12.6. The Hall–Kier alpha value is -0.850. The normalized spacial score (nSPS) is 11.8. The number of hydrogen-bond donors (Lipinski definition) is 1. The fourth-order valence-electron chi connectivity index (χ4n) is 1.30. The van der Waals surface area contributed by atoms with E-state index < -0.39 is 11.7 Å². The second-order valence-electron chi connectivity index (χ2n) is 3.25. The summed E-state index contributed by atoms with van der Waals surface area (Å²) >= 11 is 11.7. The van der Waals surface area contributed by atoms with Crippen LogP contribution in [-0.2, 0) is 6.18 Å². The third-order valence-electron chi connectivity index (χ3n) is 2.01. The Kier molecular flexibility index (Phi) is 3.29. The molecule has 0 saturated heterocycles. The molecule has 0 aliphatic carbocycles. The lowest BCUT2D eigenvalue weighted by atomic mass is 10.2. The molecular formula is C10H5ClF3NS2. The predicted octanol–water partition coefficient (Wildman–Crippen LogP) is 5.14. The Morgan fingerprint density at radius 2 is 1.94 bits per heavy atom. The molecule has 0 aliphatic rings. The van der Waals surface area contributed by atoms with E-state index in [9.17, 15) is 13.2 Å². The zero-order valence-electron chi connectivity index (χ0n) is 8.14. The van der Waals surface area contributed by atoms with Gasteiger partial charge in [-0.3, -0.25) is 0 Å². The van der Waals surface area contributed by atoms with Crippen LogP contribution >= 0.6 is 35.2 Å². The van der Waals surface area contributed by atoms with E-state index in [0.29, 0.717) is 14.9 Å². The number of thiophene rings is 1. The van der Waals surface area contributed by atoms with Gasteiger partial charge in [0.1, 0.15) is 4.64 Å². The quantitative estimate of drug-likeness (QED) is 0.720. The summed E-state index contributed by atoms with van der Waals surface area (Å²) in [6.07, 6.45) is -4.40. The van der Waals surface area contributed by atoms with Gasteiger partial charge < -0.3 is 4.98 Å². The number of hydrogen-bond acceptors (Lipinski definition) is 2. The molecule has 90 valence electrons. The lowest BCUT2D eigenvalue weighted by Crippen LogP contribution is -2.05. The molecule has 0 aliphatic heterocycles. The van der Waals surface area contributed by atoms with Gasteiger partial charge in [-0.25, -0.2) is 0 Å². The number of nitrogens with one attached hydrogen (secondary N) is 1. The van der Waals surface area contributed by atoms with Gasteiger partial charge in [0.2, 0.25) is 0 Å². The standard InChI is InChI=1S/C10H5ClF3NS2/c11-8-2-1-7(17-8)6-3-5(10(12,13)14)4-9(16)15-6/h1-4H,(H,15,16). The van der Waals surface area contributed by atoms with Crippen LogP contribution in [0.1, 0.15) is 5.56 Å². The largest absolute Gasteiger partial charge is 0.416 e. The number of aromatic nitrogens is 1. The Balaban J connectivity index is 2.57. The highest BCUT2D eigenvalue weighted by Crippen LogP contribution is 2.34. The van der Waals surface area contributed by atoms with Crippen molar-refractivity contribution in [3.8, 4) is 10.6 Å². The van der Waals surface area contributed by atoms with Gasteiger partial charge in [0.05, 0.1) is 20.5 Å². The lowest BCUT2D eigenvalue weighted by Gasteiger charge is -2.08. The molecule has 7 heteroatoms. The molecule has 2 heterocycles. The first-order chi connectivity index (χ1) is 7.86. The Morgan fingerprint density at radius 3 is 2.47 bits per heavy atom. The fraction of sp³-hybridized carbons (Fsp3) is 0.100. The average molecular weight is 296 g/mol. The average Bonchev–Trinajstić information content (AvgIpc) is 2.62. The van der Waals surface area contributed by atoms with Crippen LogP contribution in [0.2, 0.25) is 4.34 Å². The minimum absolute atomic E-state index is 0.0411. The number of H-pyrrole nitrogens is 1. The summed E-state index contributed by atoms with van der Waals surface area (Å²) in [6.45, 7) is 0. The predicted molar refractivity (Wildman–Crippen MR) is 65.0 cm³/mol. The van der Waals surface area contributed by atoms with E-state index in [1.165, 1.54) is 11.3 Å². The summed E-state index contributed by atoms with van der Waals surface area (Å²) in [5, 5.41) is 0. The molecular weight excluding hydrogens is 291 g/mol. The second kappa shape index (κ2) is 4.44. The Labute approximate surface area is 109 Å². The van der Waals surface area contributed by atoms with Crippen molar-refractivity contribution < 1.29 is 13.2 Å². The lowest BCUT2D eigenvalue weighted by molar-refractivity contribution is -0.137. The number of pyridine rings is 1. The summed E-state index contributed by atoms with van der Waals surface area (Å²) < 4.78 is 38.3. The van der Waals surface area contributed by atoms with Crippen molar-refractivity contribution in [1.82, 2.24) is 4.98 Å². The van der Waals surface area contributed by atoms with Gasteiger partial charge in [0.15, 0.2) is 0 Å². The molecule has 2 aromatic heterocycles. The fourth-order valence-corrected chi connectivity index (χ4v) is 2.55. The van der Waals surface area contributed by atoms with E-state index in [0.717, 1.165) is 12.1 Å². The first-order valence-corrected chi connectivity index (χ1v) is 6.04. The van der Waals surface area contributed by atoms with Crippen LogP contribution in [0.15, 0.2) is 24.3 Å². The third kappa shape index (κ3) is 2.88. The van der Waals surface area contributed by atoms with Gasteiger partial charge in [-0.05, 0) is 24.3 Å². The SMILES string of the molecule is FC(F)(F)c1cc(-c2ccc(Cl)s2)[nH]c(=S)c1. The zero-order valence-corrected chi connectivity index (χ0v) is 10.5. The maximum Gasteiger partial charge on any atom is 0.416 e. The van der Waals surface area contributed by atoms with E-state index in [-0.39, 0.29) is 4.64 Å². The summed E-state index contributed by atoms with van der Waals surface area (Å²) in [6, 6.07) is 5.19. The highest BCUT2D eigenvalue weighted by molar-refractivity contribution is 7.71. The highest BCUT2D eigenvalue weighted by Gasteiger charge is 2.31. The van der Waals surface area contributed by atoms with Crippen molar-refractivity contribution in [2.75, 3.05) is 0 Å². The van der Waals surface area contributed by atoms with Crippen molar-refractivity contribution >= 4 is 35.2 Å². The third-order valence-corrected chi connectivity index (χ3v) is 3.49.